The van der Waals surface area contributed by atoms with Crippen molar-refractivity contribution in [2.24, 2.45) is 0 Å². The van der Waals surface area contributed by atoms with Crippen LogP contribution in [0.4, 0.5) is 5.69 Å². The first-order chi connectivity index (χ1) is 11.0. The first-order valence-corrected chi connectivity index (χ1v) is 8.34. The van der Waals surface area contributed by atoms with Crippen molar-refractivity contribution in [1.82, 2.24) is 9.38 Å². The molecule has 0 radical (unpaired) electrons. The number of carbonyl (C=O) groups excluding carboxylic acids is 1. The summed E-state index contributed by atoms with van der Waals surface area (Å²) in [7, 11) is 0. The Morgan fingerprint density at radius 1 is 1.26 bits per heavy atom. The molecule has 118 valence electrons. The number of imidazole rings is 1. The van der Waals surface area contributed by atoms with Crippen LogP contribution in [0.3, 0.4) is 0 Å². The van der Waals surface area contributed by atoms with Crippen LogP contribution in [0.25, 0.3) is 5.65 Å². The van der Waals surface area contributed by atoms with E-state index in [1.165, 1.54) is 0 Å². The number of halogens is 1. The fourth-order valence-electron chi connectivity index (χ4n) is 2.59. The number of aryl methyl sites for hydroxylation is 3. The molecule has 2 aromatic heterocycles. The Kier molecular flexibility index (Phi) is 4.22. The Morgan fingerprint density at radius 3 is 2.74 bits per heavy atom. The van der Waals surface area contributed by atoms with Crippen molar-refractivity contribution < 1.29 is 4.79 Å². The molecular formula is C18H18BrN3O. The monoisotopic (exact) mass is 371 g/mol. The van der Waals surface area contributed by atoms with Gasteiger partial charge in [0.05, 0.1) is 5.69 Å². The Morgan fingerprint density at radius 2 is 2.04 bits per heavy atom. The molecule has 0 aliphatic carbocycles. The van der Waals surface area contributed by atoms with Gasteiger partial charge in [0.2, 0.25) is 0 Å². The van der Waals surface area contributed by atoms with Crippen LogP contribution in [0.15, 0.2) is 41.0 Å². The SMILES string of the molecule is CCc1nc2cc(C)ccn2c1C(=O)Nc1ccc(Br)c(C)c1. The molecule has 0 atom stereocenters. The number of pyridine rings is 1. The zero-order valence-electron chi connectivity index (χ0n) is 13.4. The van der Waals surface area contributed by atoms with Crippen LogP contribution in [0.1, 0.15) is 34.2 Å². The molecule has 0 fully saturated rings. The Labute approximate surface area is 143 Å². The maximum atomic E-state index is 12.8. The van der Waals surface area contributed by atoms with E-state index in [1.54, 1.807) is 0 Å². The Balaban J connectivity index is 2.01. The summed E-state index contributed by atoms with van der Waals surface area (Å²) in [5.74, 6) is -0.139. The number of aromatic nitrogens is 2. The van der Waals surface area contributed by atoms with Crippen LogP contribution in [-0.4, -0.2) is 15.3 Å². The van der Waals surface area contributed by atoms with Crippen molar-refractivity contribution in [2.75, 3.05) is 5.32 Å². The van der Waals surface area contributed by atoms with Crippen molar-refractivity contribution in [3.63, 3.8) is 0 Å². The number of nitrogens with one attached hydrogen (secondary N) is 1. The first-order valence-electron chi connectivity index (χ1n) is 7.54. The van der Waals surface area contributed by atoms with Gasteiger partial charge in [-0.25, -0.2) is 4.98 Å². The molecule has 3 aromatic rings. The van der Waals surface area contributed by atoms with E-state index >= 15 is 0 Å². The molecule has 1 N–H and O–H groups in total. The molecule has 4 nitrogen and oxygen atoms in total. The minimum Gasteiger partial charge on any atom is -0.321 e. The summed E-state index contributed by atoms with van der Waals surface area (Å²) in [5.41, 5.74) is 5.19. The van der Waals surface area contributed by atoms with Crippen molar-refractivity contribution in [3.8, 4) is 0 Å². The van der Waals surface area contributed by atoms with Crippen LogP contribution in [0.2, 0.25) is 0 Å². The molecule has 0 aliphatic rings. The lowest BCUT2D eigenvalue weighted by Crippen LogP contribution is -2.16. The van der Waals surface area contributed by atoms with E-state index in [0.29, 0.717) is 12.1 Å². The fourth-order valence-corrected chi connectivity index (χ4v) is 2.84. The van der Waals surface area contributed by atoms with Crippen LogP contribution in [0, 0.1) is 13.8 Å². The van der Waals surface area contributed by atoms with Crippen LogP contribution in [0.5, 0.6) is 0 Å². The fraction of sp³-hybridized carbons (Fsp3) is 0.222. The standard InChI is InChI=1S/C18H18BrN3O/c1-4-15-17(22-8-7-11(2)9-16(22)21-15)18(23)20-13-5-6-14(19)12(3)10-13/h5-10H,4H2,1-3H3,(H,20,23). The maximum absolute atomic E-state index is 12.8. The summed E-state index contributed by atoms with van der Waals surface area (Å²) in [6.07, 6.45) is 2.61. The smallest absolute Gasteiger partial charge is 0.274 e. The molecule has 5 heteroatoms. The summed E-state index contributed by atoms with van der Waals surface area (Å²) < 4.78 is 2.88. The normalized spacial score (nSPS) is 11.0. The van der Waals surface area contributed by atoms with Gasteiger partial charge >= 0.3 is 0 Å². The van der Waals surface area contributed by atoms with Crippen LogP contribution >= 0.6 is 15.9 Å². The highest BCUT2D eigenvalue weighted by Crippen LogP contribution is 2.21. The van der Waals surface area contributed by atoms with Crippen molar-refractivity contribution >= 4 is 33.2 Å². The Hall–Kier alpha value is -2.14. The topological polar surface area (TPSA) is 46.4 Å². The highest BCUT2D eigenvalue weighted by Gasteiger charge is 2.18. The van der Waals surface area contributed by atoms with Crippen LogP contribution in [-0.2, 0) is 6.42 Å². The van der Waals surface area contributed by atoms with E-state index in [9.17, 15) is 4.79 Å². The predicted molar refractivity (Wildman–Crippen MR) is 96.1 cm³/mol. The average molecular weight is 372 g/mol. The molecule has 0 bridgehead atoms. The second-order valence-corrected chi connectivity index (χ2v) is 6.47. The van der Waals surface area contributed by atoms with Crippen molar-refractivity contribution in [1.29, 1.82) is 0 Å². The molecule has 1 aromatic carbocycles. The lowest BCUT2D eigenvalue weighted by molar-refractivity contribution is 0.102. The van der Waals surface area contributed by atoms with Gasteiger partial charge in [-0.15, -0.1) is 0 Å². The molecule has 0 saturated carbocycles. The highest BCUT2D eigenvalue weighted by atomic mass is 79.9. The Bertz CT molecular complexity index is 899. The summed E-state index contributed by atoms with van der Waals surface area (Å²) in [6.45, 7) is 6.02. The summed E-state index contributed by atoms with van der Waals surface area (Å²) in [5, 5.41) is 2.97. The number of amides is 1. The van der Waals surface area contributed by atoms with Gasteiger partial charge in [0, 0.05) is 16.4 Å². The van der Waals surface area contributed by atoms with Crippen molar-refractivity contribution in [2.45, 2.75) is 27.2 Å². The highest BCUT2D eigenvalue weighted by molar-refractivity contribution is 9.10. The largest absolute Gasteiger partial charge is 0.321 e. The number of hydrogen-bond donors (Lipinski definition) is 1. The number of anilines is 1. The molecule has 0 spiro atoms. The molecule has 1 amide bonds. The average Bonchev–Trinajstić information content (AvgIpc) is 2.88. The summed E-state index contributed by atoms with van der Waals surface area (Å²) >= 11 is 3.47. The van der Waals surface area contributed by atoms with Gasteiger partial charge in [0.15, 0.2) is 0 Å². The van der Waals surface area contributed by atoms with E-state index in [2.05, 4.69) is 26.2 Å². The van der Waals surface area contributed by atoms with Crippen molar-refractivity contribution in [3.05, 3.63) is 63.5 Å². The van der Waals surface area contributed by atoms with Gasteiger partial charge in [-0.3, -0.25) is 9.20 Å². The third-order valence-electron chi connectivity index (χ3n) is 3.82. The molecular weight excluding hydrogens is 354 g/mol. The molecule has 0 unspecified atom stereocenters. The number of rotatable bonds is 3. The molecule has 0 aliphatic heterocycles. The van der Waals surface area contributed by atoms with Gasteiger partial charge in [-0.1, -0.05) is 22.9 Å². The molecule has 23 heavy (non-hydrogen) atoms. The number of fused-ring (bicyclic) bond motifs is 1. The predicted octanol–water partition coefficient (Wildman–Crippen LogP) is 4.53. The summed E-state index contributed by atoms with van der Waals surface area (Å²) in [6, 6.07) is 9.73. The minimum absolute atomic E-state index is 0.139. The number of carbonyl (C=O) groups is 1. The van der Waals surface area contributed by atoms with Gasteiger partial charge in [-0.2, -0.15) is 0 Å². The minimum atomic E-state index is -0.139. The van der Waals surface area contributed by atoms with E-state index in [0.717, 1.165) is 32.6 Å². The summed E-state index contributed by atoms with van der Waals surface area (Å²) in [4.78, 5) is 17.3. The van der Waals surface area contributed by atoms with E-state index < -0.39 is 0 Å². The van der Waals surface area contributed by atoms with E-state index in [1.807, 2.05) is 61.7 Å². The van der Waals surface area contributed by atoms with E-state index in [4.69, 9.17) is 0 Å². The first kappa shape index (κ1) is 15.7. The second-order valence-electron chi connectivity index (χ2n) is 5.61. The molecule has 0 saturated heterocycles. The number of hydrogen-bond acceptors (Lipinski definition) is 2. The van der Waals surface area contributed by atoms with Gasteiger partial charge < -0.3 is 5.32 Å². The molecule has 3 rings (SSSR count). The third kappa shape index (κ3) is 3.01. The third-order valence-corrected chi connectivity index (χ3v) is 4.71. The van der Waals surface area contributed by atoms with E-state index in [-0.39, 0.29) is 5.91 Å². The number of nitrogens with zero attached hydrogens (tertiary/aromatic N) is 2. The zero-order valence-corrected chi connectivity index (χ0v) is 14.9. The van der Waals surface area contributed by atoms with Crippen LogP contribution < -0.4 is 5.32 Å². The van der Waals surface area contributed by atoms with Gasteiger partial charge in [-0.05, 0) is 61.7 Å². The number of benzene rings is 1. The quantitative estimate of drug-likeness (QED) is 0.734. The maximum Gasteiger partial charge on any atom is 0.274 e. The zero-order chi connectivity index (χ0) is 16.6. The second kappa shape index (κ2) is 6.16. The lowest BCUT2D eigenvalue weighted by Gasteiger charge is -2.08. The lowest BCUT2D eigenvalue weighted by atomic mass is 10.2. The van der Waals surface area contributed by atoms with Gasteiger partial charge in [0.1, 0.15) is 11.3 Å². The molecule has 2 heterocycles. The van der Waals surface area contributed by atoms with Gasteiger partial charge in [0.25, 0.3) is 5.91 Å².